The Balaban J connectivity index is 2.71. The van der Waals surface area contributed by atoms with Crippen LogP contribution < -0.4 is 0 Å². The van der Waals surface area contributed by atoms with E-state index in [4.69, 9.17) is 5.11 Å². The molecule has 0 aliphatic rings. The van der Waals surface area contributed by atoms with Gasteiger partial charge in [0, 0.05) is 23.5 Å². The van der Waals surface area contributed by atoms with Crippen LogP contribution in [0, 0.1) is 11.8 Å². The molecule has 0 amide bonds. The summed E-state index contributed by atoms with van der Waals surface area (Å²) in [5, 5.41) is 9.90. The quantitative estimate of drug-likeness (QED) is 0.586. The number of aromatic nitrogens is 1. The van der Waals surface area contributed by atoms with Crippen LogP contribution in [0.1, 0.15) is 12.0 Å². The first-order valence-corrected chi connectivity index (χ1v) is 4.64. The average molecular weight is 226 g/mol. The monoisotopic (exact) mass is 225 g/mol. The van der Waals surface area contributed by atoms with Crippen molar-refractivity contribution in [3.63, 3.8) is 0 Å². The summed E-state index contributed by atoms with van der Waals surface area (Å²) in [6.07, 6.45) is 3.81. The molecular weight excluding hydrogens is 218 g/mol. The molecule has 1 aromatic rings. The molecule has 2 nitrogen and oxygen atoms in total. The van der Waals surface area contributed by atoms with Crippen molar-refractivity contribution < 1.29 is 5.11 Å². The molecule has 0 spiro atoms. The zero-order chi connectivity index (χ0) is 8.81. The Hall–Kier alpha value is -1.01. The van der Waals surface area contributed by atoms with Gasteiger partial charge in [-0.05, 0) is 6.07 Å². The van der Waals surface area contributed by atoms with E-state index in [0.717, 1.165) is 17.3 Å². The SMILES string of the molecule is Oc1cncc(C#CCCBr)c1. The fourth-order valence-electron chi connectivity index (χ4n) is 0.708. The lowest BCUT2D eigenvalue weighted by Crippen LogP contribution is -1.77. The van der Waals surface area contributed by atoms with E-state index in [1.807, 2.05) is 0 Å². The molecule has 0 aliphatic heterocycles. The van der Waals surface area contributed by atoms with Gasteiger partial charge in [-0.3, -0.25) is 4.98 Å². The molecule has 0 atom stereocenters. The summed E-state index contributed by atoms with van der Waals surface area (Å²) < 4.78 is 0. The van der Waals surface area contributed by atoms with Crippen LogP contribution in [-0.4, -0.2) is 15.4 Å². The van der Waals surface area contributed by atoms with Gasteiger partial charge in [-0.1, -0.05) is 27.8 Å². The van der Waals surface area contributed by atoms with Crippen molar-refractivity contribution in [1.29, 1.82) is 0 Å². The Morgan fingerprint density at radius 2 is 2.33 bits per heavy atom. The maximum absolute atomic E-state index is 9.03. The summed E-state index contributed by atoms with van der Waals surface area (Å²) in [6.45, 7) is 0. The summed E-state index contributed by atoms with van der Waals surface area (Å²) in [4.78, 5) is 3.80. The molecule has 0 saturated heterocycles. The Kier molecular flexibility index (Phi) is 3.62. The van der Waals surface area contributed by atoms with Gasteiger partial charge in [-0.15, -0.1) is 0 Å². The smallest absolute Gasteiger partial charge is 0.135 e. The van der Waals surface area contributed by atoms with Gasteiger partial charge >= 0.3 is 0 Å². The van der Waals surface area contributed by atoms with Crippen LogP contribution in [0.2, 0.25) is 0 Å². The van der Waals surface area contributed by atoms with E-state index < -0.39 is 0 Å². The summed E-state index contributed by atoms with van der Waals surface area (Å²) in [6, 6.07) is 1.59. The predicted octanol–water partition coefficient (Wildman–Crippen LogP) is 1.92. The van der Waals surface area contributed by atoms with Crippen LogP contribution in [0.3, 0.4) is 0 Å². The number of pyridine rings is 1. The molecule has 0 bridgehead atoms. The van der Waals surface area contributed by atoms with E-state index in [-0.39, 0.29) is 5.75 Å². The molecule has 1 rings (SSSR count). The molecule has 0 fully saturated rings. The van der Waals surface area contributed by atoms with Gasteiger partial charge < -0.3 is 5.11 Å². The van der Waals surface area contributed by atoms with E-state index in [1.54, 1.807) is 12.3 Å². The zero-order valence-electron chi connectivity index (χ0n) is 6.42. The second kappa shape index (κ2) is 4.78. The first kappa shape index (κ1) is 9.08. The van der Waals surface area contributed by atoms with Gasteiger partial charge in [0.25, 0.3) is 0 Å². The molecule has 0 saturated carbocycles. The Labute approximate surface area is 79.8 Å². The highest BCUT2D eigenvalue weighted by Crippen LogP contribution is 2.06. The van der Waals surface area contributed by atoms with Crippen molar-refractivity contribution in [3.05, 3.63) is 24.0 Å². The number of halogens is 1. The molecule has 1 aromatic heterocycles. The highest BCUT2D eigenvalue weighted by molar-refractivity contribution is 9.09. The van der Waals surface area contributed by atoms with Crippen LogP contribution in [0.5, 0.6) is 5.75 Å². The fourth-order valence-corrected chi connectivity index (χ4v) is 0.906. The molecule has 12 heavy (non-hydrogen) atoms. The van der Waals surface area contributed by atoms with E-state index in [2.05, 4.69) is 32.8 Å². The topological polar surface area (TPSA) is 33.1 Å². The lowest BCUT2D eigenvalue weighted by molar-refractivity contribution is 0.472. The highest BCUT2D eigenvalue weighted by Gasteiger charge is 1.88. The van der Waals surface area contributed by atoms with Gasteiger partial charge in [-0.25, -0.2) is 0 Å². The number of nitrogens with zero attached hydrogens (tertiary/aromatic N) is 1. The van der Waals surface area contributed by atoms with Gasteiger partial charge in [0.2, 0.25) is 0 Å². The second-order valence-electron chi connectivity index (χ2n) is 2.17. The molecule has 62 valence electrons. The summed E-state index contributed by atoms with van der Waals surface area (Å²) in [5.74, 6) is 5.97. The zero-order valence-corrected chi connectivity index (χ0v) is 8.00. The number of hydrogen-bond donors (Lipinski definition) is 1. The van der Waals surface area contributed by atoms with Gasteiger partial charge in [0.15, 0.2) is 0 Å². The van der Waals surface area contributed by atoms with Crippen molar-refractivity contribution in [3.8, 4) is 17.6 Å². The molecular formula is C9H8BrNO. The summed E-state index contributed by atoms with van der Waals surface area (Å²) in [7, 11) is 0. The Bertz CT molecular complexity index is 314. The predicted molar refractivity (Wildman–Crippen MR) is 51.2 cm³/mol. The van der Waals surface area contributed by atoms with Crippen LogP contribution >= 0.6 is 15.9 Å². The maximum atomic E-state index is 9.03. The van der Waals surface area contributed by atoms with E-state index >= 15 is 0 Å². The molecule has 1 heterocycles. The van der Waals surface area contributed by atoms with Crippen molar-refractivity contribution in [2.24, 2.45) is 0 Å². The minimum absolute atomic E-state index is 0.153. The third-order valence-corrected chi connectivity index (χ3v) is 1.57. The minimum Gasteiger partial charge on any atom is -0.506 e. The van der Waals surface area contributed by atoms with Crippen molar-refractivity contribution >= 4 is 15.9 Å². The first-order chi connectivity index (χ1) is 5.83. The Morgan fingerprint density at radius 1 is 1.50 bits per heavy atom. The minimum atomic E-state index is 0.153. The largest absolute Gasteiger partial charge is 0.506 e. The molecule has 0 aromatic carbocycles. The van der Waals surface area contributed by atoms with Gasteiger partial charge in [-0.2, -0.15) is 0 Å². The average Bonchev–Trinajstić information content (AvgIpc) is 2.05. The molecule has 0 aliphatic carbocycles. The summed E-state index contributed by atoms with van der Waals surface area (Å²) in [5.41, 5.74) is 0.746. The number of alkyl halides is 1. The highest BCUT2D eigenvalue weighted by atomic mass is 79.9. The molecule has 3 heteroatoms. The van der Waals surface area contributed by atoms with E-state index in [0.29, 0.717) is 0 Å². The lowest BCUT2D eigenvalue weighted by Gasteiger charge is -1.90. The normalized spacial score (nSPS) is 8.75. The number of aromatic hydroxyl groups is 1. The van der Waals surface area contributed by atoms with Crippen molar-refractivity contribution in [1.82, 2.24) is 4.98 Å². The number of hydrogen-bond acceptors (Lipinski definition) is 2. The second-order valence-corrected chi connectivity index (χ2v) is 2.97. The van der Waals surface area contributed by atoms with Crippen LogP contribution in [-0.2, 0) is 0 Å². The summed E-state index contributed by atoms with van der Waals surface area (Å²) >= 11 is 3.27. The van der Waals surface area contributed by atoms with Crippen LogP contribution in [0.25, 0.3) is 0 Å². The fraction of sp³-hybridized carbons (Fsp3) is 0.222. The molecule has 1 N–H and O–H groups in total. The lowest BCUT2D eigenvalue weighted by atomic mass is 10.3. The third-order valence-electron chi connectivity index (χ3n) is 1.18. The van der Waals surface area contributed by atoms with Crippen LogP contribution in [0.4, 0.5) is 0 Å². The standard InChI is InChI=1S/C9H8BrNO/c10-4-2-1-3-8-5-9(12)7-11-6-8/h5-7,12H,2,4H2. The van der Waals surface area contributed by atoms with Crippen molar-refractivity contribution in [2.75, 3.05) is 5.33 Å². The third kappa shape index (κ3) is 2.93. The van der Waals surface area contributed by atoms with E-state index in [9.17, 15) is 0 Å². The maximum Gasteiger partial charge on any atom is 0.135 e. The van der Waals surface area contributed by atoms with E-state index in [1.165, 1.54) is 6.20 Å². The van der Waals surface area contributed by atoms with Gasteiger partial charge in [0.1, 0.15) is 5.75 Å². The van der Waals surface area contributed by atoms with Crippen molar-refractivity contribution in [2.45, 2.75) is 6.42 Å². The molecule has 0 radical (unpaired) electrons. The van der Waals surface area contributed by atoms with Crippen LogP contribution in [0.15, 0.2) is 18.5 Å². The number of rotatable bonds is 1. The Morgan fingerprint density at radius 3 is 3.00 bits per heavy atom. The molecule has 0 unspecified atom stereocenters. The van der Waals surface area contributed by atoms with Gasteiger partial charge in [0.05, 0.1) is 6.20 Å². The first-order valence-electron chi connectivity index (χ1n) is 3.52.